The highest BCUT2D eigenvalue weighted by Gasteiger charge is 2.58. The first kappa shape index (κ1) is 49.5. The van der Waals surface area contributed by atoms with Gasteiger partial charge in [0.05, 0.1) is 11.2 Å². The Bertz CT molecular complexity index is 3800. The molecule has 9 aromatic rings. The third kappa shape index (κ3) is 7.54. The molecule has 0 amide bonds. The van der Waals surface area contributed by atoms with Crippen LogP contribution < -0.4 is 36.0 Å². The Hall–Kier alpha value is -7.76. The van der Waals surface area contributed by atoms with Gasteiger partial charge in [0.15, 0.2) is 0 Å². The average Bonchev–Trinajstić information content (AvgIpc) is 2.78. The predicted molar refractivity (Wildman–Crippen MR) is 337 cm³/mol. The van der Waals surface area contributed by atoms with E-state index in [9.17, 15) is 0 Å². The Morgan fingerprint density at radius 3 is 1.65 bits per heavy atom. The maximum absolute atomic E-state index is 2.82. The van der Waals surface area contributed by atoms with Gasteiger partial charge < -0.3 is 19.6 Å². The van der Waals surface area contributed by atoms with E-state index in [1.54, 1.807) is 0 Å². The van der Waals surface area contributed by atoms with Crippen molar-refractivity contribution >= 4 is 85.7 Å². The second-order valence-electron chi connectivity index (χ2n) is 26.3. The van der Waals surface area contributed by atoms with Crippen molar-refractivity contribution in [2.75, 3.05) is 19.6 Å². The number of hydrogen-bond donors (Lipinski definition) is 0. The predicted octanol–water partition coefficient (Wildman–Crippen LogP) is 18.3. The molecule has 2 aliphatic carbocycles. The Labute approximate surface area is 470 Å². The molecular weight excluding hydrogens is 956 g/mol. The highest BCUT2D eigenvalue weighted by Crippen LogP contribution is 2.63. The van der Waals surface area contributed by atoms with Gasteiger partial charge in [0, 0.05) is 67.9 Å². The minimum absolute atomic E-state index is 0.000515. The van der Waals surface area contributed by atoms with Crippen LogP contribution in [0.5, 0.6) is 0 Å². The number of hydrogen-bond acceptors (Lipinski definition) is 4. The summed E-state index contributed by atoms with van der Waals surface area (Å²) in [6.45, 7) is 22.2. The summed E-state index contributed by atoms with van der Waals surface area (Å²) in [5.74, 6) is 0. The van der Waals surface area contributed by atoms with Crippen LogP contribution in [0.2, 0.25) is 0 Å². The summed E-state index contributed by atoms with van der Waals surface area (Å²) in [4.78, 5) is 10.6. The molecule has 1 fully saturated rings. The number of anilines is 11. The molecule has 4 nitrogen and oxygen atoms in total. The molecule has 2 atom stereocenters. The molecule has 5 heteroatoms. The quantitative estimate of drug-likeness (QED) is 0.148. The fourth-order valence-electron chi connectivity index (χ4n) is 15.1. The topological polar surface area (TPSA) is 13.0 Å². The molecule has 79 heavy (non-hydrogen) atoms. The lowest BCUT2D eigenvalue weighted by atomic mass is 9.33. The lowest BCUT2D eigenvalue weighted by Gasteiger charge is -2.51. The fourth-order valence-corrected chi connectivity index (χ4v) is 15.1. The van der Waals surface area contributed by atoms with E-state index in [-0.39, 0.29) is 33.9 Å². The van der Waals surface area contributed by atoms with E-state index in [2.05, 4.69) is 288 Å². The molecule has 1 saturated carbocycles. The summed E-state index contributed by atoms with van der Waals surface area (Å²) in [5.41, 5.74) is 25.3. The molecule has 3 heterocycles. The van der Waals surface area contributed by atoms with Gasteiger partial charge in [-0.05, 0) is 184 Å². The van der Waals surface area contributed by atoms with E-state index in [1.807, 2.05) is 0 Å². The van der Waals surface area contributed by atoms with Gasteiger partial charge in [-0.2, -0.15) is 0 Å². The third-order valence-electron chi connectivity index (χ3n) is 19.8. The van der Waals surface area contributed by atoms with E-state index in [4.69, 9.17) is 0 Å². The van der Waals surface area contributed by atoms with Crippen LogP contribution in [-0.4, -0.2) is 12.3 Å². The Morgan fingerprint density at radius 2 is 0.987 bits per heavy atom. The van der Waals surface area contributed by atoms with Gasteiger partial charge in [-0.3, -0.25) is 0 Å². The minimum Gasteiger partial charge on any atom is -0.334 e. The van der Waals surface area contributed by atoms with E-state index in [0.717, 1.165) is 37.1 Å². The van der Waals surface area contributed by atoms with Crippen molar-refractivity contribution in [1.29, 1.82) is 0 Å². The van der Waals surface area contributed by atoms with Gasteiger partial charge in [-0.1, -0.05) is 183 Å². The second kappa shape index (κ2) is 17.9. The lowest BCUT2D eigenvalue weighted by Crippen LogP contribution is -2.62. The zero-order valence-electron chi connectivity index (χ0n) is 47.7. The van der Waals surface area contributed by atoms with E-state index in [0.29, 0.717) is 0 Å². The molecule has 0 bridgehead atoms. The molecule has 5 aliphatic rings. The lowest BCUT2D eigenvalue weighted by molar-refractivity contribution is 0.195. The van der Waals surface area contributed by atoms with Gasteiger partial charge >= 0.3 is 0 Å². The Kier molecular flexibility index (Phi) is 11.2. The van der Waals surface area contributed by atoms with Crippen LogP contribution in [0.4, 0.5) is 62.6 Å². The van der Waals surface area contributed by atoms with Crippen molar-refractivity contribution in [1.82, 2.24) is 0 Å². The van der Waals surface area contributed by atoms with Crippen molar-refractivity contribution < 1.29 is 0 Å². The first-order valence-corrected chi connectivity index (χ1v) is 29.2. The molecule has 0 spiro atoms. The van der Waals surface area contributed by atoms with Gasteiger partial charge in [0.2, 0.25) is 0 Å². The monoisotopic (exact) mass is 1030 g/mol. The summed E-state index contributed by atoms with van der Waals surface area (Å²) in [6.07, 6.45) is 6.90. The minimum atomic E-state index is -0.226. The molecule has 14 rings (SSSR count). The molecular formula is C74H73BN4. The Balaban J connectivity index is 1.09. The van der Waals surface area contributed by atoms with Crippen LogP contribution in [0.1, 0.15) is 123 Å². The molecule has 392 valence electrons. The van der Waals surface area contributed by atoms with Crippen molar-refractivity contribution in [2.45, 2.75) is 128 Å². The van der Waals surface area contributed by atoms with Crippen molar-refractivity contribution in [2.24, 2.45) is 0 Å². The molecule has 2 unspecified atom stereocenters. The summed E-state index contributed by atoms with van der Waals surface area (Å²) >= 11 is 0. The first-order valence-electron chi connectivity index (χ1n) is 29.2. The molecule has 0 aromatic heterocycles. The zero-order chi connectivity index (χ0) is 54.2. The summed E-state index contributed by atoms with van der Waals surface area (Å²) in [6, 6.07) is 78.9. The SMILES string of the molecule is CC(C)(C)c1ccc(N2c3cc4c(cc3B3c5ccccc5N(c5ccccc5)c5cc(N6c7ccc(N(c8ccccc8)c8ccccc8)cc7C7(C)CCCCC67C)cc2c53)C(C)(C)CCC4(C)C)c(-c2ccccc2)c1. The summed E-state index contributed by atoms with van der Waals surface area (Å²) < 4.78 is 0. The third-order valence-corrected chi connectivity index (χ3v) is 19.8. The summed E-state index contributed by atoms with van der Waals surface area (Å²) in [5, 5.41) is 0. The van der Waals surface area contributed by atoms with Crippen molar-refractivity contribution in [3.63, 3.8) is 0 Å². The fraction of sp³-hybridized carbons (Fsp3) is 0.270. The zero-order valence-corrected chi connectivity index (χ0v) is 47.7. The second-order valence-corrected chi connectivity index (χ2v) is 26.3. The van der Waals surface area contributed by atoms with Gasteiger partial charge in [-0.25, -0.2) is 0 Å². The average molecular weight is 1030 g/mol. The molecule has 0 N–H and O–H groups in total. The number of nitrogens with zero attached hydrogens (tertiary/aromatic N) is 4. The molecule has 9 aromatic carbocycles. The van der Waals surface area contributed by atoms with E-state index < -0.39 is 0 Å². The van der Waals surface area contributed by atoms with Crippen LogP contribution in [0.15, 0.2) is 206 Å². The number of para-hydroxylation sites is 4. The highest BCUT2D eigenvalue weighted by atomic mass is 15.3. The number of benzene rings is 9. The van der Waals surface area contributed by atoms with Crippen molar-refractivity contribution in [3.8, 4) is 11.1 Å². The van der Waals surface area contributed by atoms with E-state index in [1.165, 1.54) is 114 Å². The summed E-state index contributed by atoms with van der Waals surface area (Å²) in [7, 11) is 0. The Morgan fingerprint density at radius 1 is 0.418 bits per heavy atom. The van der Waals surface area contributed by atoms with Gasteiger partial charge in [0.1, 0.15) is 0 Å². The first-order chi connectivity index (χ1) is 38.1. The maximum atomic E-state index is 2.82. The molecule has 3 aliphatic heterocycles. The largest absolute Gasteiger partial charge is 0.334 e. The molecule has 0 radical (unpaired) electrons. The number of rotatable bonds is 7. The van der Waals surface area contributed by atoms with E-state index >= 15 is 0 Å². The smallest absolute Gasteiger partial charge is 0.252 e. The van der Waals surface area contributed by atoms with Crippen molar-refractivity contribution in [3.05, 3.63) is 229 Å². The van der Waals surface area contributed by atoms with Gasteiger partial charge in [-0.15, -0.1) is 0 Å². The normalized spacial score (nSPS) is 20.1. The standard InChI is InChI=1S/C74H73BN4/c1-70(2,3)51-36-38-63(57(44-51)50-26-14-10-15-27-50)78-66-49-59-58(71(4,5)42-43-72(59,6)7)48-62(66)75-61-34-22-23-35-65(61)77(54-32-20-13-21-33-54)67-46-56(47-68(78)69(67)75)79-64-39-37-55(45-60(64)73(8)40-24-25-41-74(73,79)9)76(52-28-16-11-17-29-52)53-30-18-12-19-31-53/h10-23,26-39,44-49H,24-25,40-43H2,1-9H3. The van der Waals surface area contributed by atoms with Gasteiger partial charge in [0.25, 0.3) is 6.71 Å². The highest BCUT2D eigenvalue weighted by molar-refractivity contribution is 7.00. The van der Waals surface area contributed by atoms with Crippen LogP contribution in [0.25, 0.3) is 11.1 Å². The van der Waals surface area contributed by atoms with Crippen LogP contribution in [0, 0.1) is 0 Å². The molecule has 0 saturated heterocycles. The van der Waals surface area contributed by atoms with Crippen LogP contribution >= 0.6 is 0 Å². The number of fused-ring (bicyclic) bond motifs is 8. The van der Waals surface area contributed by atoms with Crippen LogP contribution in [-0.2, 0) is 21.7 Å². The maximum Gasteiger partial charge on any atom is 0.252 e. The van der Waals surface area contributed by atoms with Crippen LogP contribution in [0.3, 0.4) is 0 Å².